The minimum absolute atomic E-state index is 0.126. The molecule has 4 rings (SSSR count). The molecule has 3 heterocycles. The van der Waals surface area contributed by atoms with Gasteiger partial charge in [-0.2, -0.15) is 13.2 Å². The summed E-state index contributed by atoms with van der Waals surface area (Å²) in [5.41, 5.74) is -1.46. The Kier molecular flexibility index (Phi) is 6.83. The zero-order valence-electron chi connectivity index (χ0n) is 20.4. The molecule has 0 bridgehead atoms. The summed E-state index contributed by atoms with van der Waals surface area (Å²) in [5, 5.41) is 12.1. The van der Waals surface area contributed by atoms with E-state index in [9.17, 15) is 37.1 Å². The molecule has 0 saturated carbocycles. The number of rotatable bonds is 6. The molecule has 12 heteroatoms. The second kappa shape index (κ2) is 9.77. The second-order valence-electron chi connectivity index (χ2n) is 8.82. The highest BCUT2D eigenvalue weighted by Gasteiger charge is 2.35. The maximum absolute atomic E-state index is 14.2. The number of alkyl halides is 3. The van der Waals surface area contributed by atoms with Gasteiger partial charge in [0, 0.05) is 43.3 Å². The van der Waals surface area contributed by atoms with Gasteiger partial charge in [-0.15, -0.1) is 0 Å². The number of fused-ring (bicyclic) bond motifs is 1. The first-order valence-electron chi connectivity index (χ1n) is 11.3. The van der Waals surface area contributed by atoms with Crippen molar-refractivity contribution in [2.24, 2.45) is 7.05 Å². The van der Waals surface area contributed by atoms with Crippen LogP contribution in [0, 0.1) is 19.7 Å². The van der Waals surface area contributed by atoms with Crippen molar-refractivity contribution in [3.05, 3.63) is 93.0 Å². The number of nitrogens with zero attached hydrogens (tertiary/aromatic N) is 3. The van der Waals surface area contributed by atoms with Gasteiger partial charge in [-0.05, 0) is 43.2 Å². The van der Waals surface area contributed by atoms with Crippen LogP contribution in [0.25, 0.3) is 16.8 Å². The van der Waals surface area contributed by atoms with Gasteiger partial charge in [0.1, 0.15) is 17.5 Å². The maximum Gasteiger partial charge on any atom is 0.418 e. The molecule has 2 N–H and O–H groups in total. The number of pyridine rings is 2. The summed E-state index contributed by atoms with van der Waals surface area (Å²) in [7, 11) is 1.22. The molecule has 0 aliphatic rings. The Bertz CT molecular complexity index is 1620. The van der Waals surface area contributed by atoms with Crippen molar-refractivity contribution in [2.45, 2.75) is 32.5 Å². The lowest BCUT2D eigenvalue weighted by Gasteiger charge is -2.19. The normalized spacial score (nSPS) is 12.5. The predicted octanol–water partition coefficient (Wildman–Crippen LogP) is 3.90. The Morgan fingerprint density at radius 3 is 2.50 bits per heavy atom. The van der Waals surface area contributed by atoms with Crippen LogP contribution in [0.1, 0.15) is 32.7 Å². The van der Waals surface area contributed by atoms with Crippen LogP contribution < -0.4 is 10.9 Å². The van der Waals surface area contributed by atoms with E-state index in [2.05, 4.69) is 10.3 Å². The van der Waals surface area contributed by atoms with Gasteiger partial charge in [0.15, 0.2) is 0 Å². The molecule has 0 unspecified atom stereocenters. The summed E-state index contributed by atoms with van der Waals surface area (Å²) in [5.74, 6) is -3.09. The molecule has 198 valence electrons. The van der Waals surface area contributed by atoms with Crippen molar-refractivity contribution < 1.29 is 32.3 Å². The van der Waals surface area contributed by atoms with Crippen LogP contribution in [0.15, 0.2) is 53.7 Å². The van der Waals surface area contributed by atoms with Crippen LogP contribution >= 0.6 is 0 Å². The van der Waals surface area contributed by atoms with E-state index in [0.717, 1.165) is 16.8 Å². The van der Waals surface area contributed by atoms with Gasteiger partial charge in [0.2, 0.25) is 0 Å². The monoisotopic (exact) mass is 530 g/mol. The average Bonchev–Trinajstić information content (AvgIpc) is 3.32. The quantitative estimate of drug-likeness (QED) is 0.368. The fourth-order valence-electron chi connectivity index (χ4n) is 4.41. The van der Waals surface area contributed by atoms with E-state index in [0.29, 0.717) is 11.3 Å². The molecule has 0 saturated heterocycles. The highest BCUT2D eigenvalue weighted by Crippen LogP contribution is 2.35. The van der Waals surface area contributed by atoms with E-state index < -0.39 is 41.0 Å². The summed E-state index contributed by atoms with van der Waals surface area (Å²) < 4.78 is 57.4. The second-order valence-corrected chi connectivity index (χ2v) is 8.82. The topological polar surface area (TPSA) is 106 Å². The number of halogens is 4. The maximum atomic E-state index is 14.2. The Morgan fingerprint density at radius 2 is 1.87 bits per heavy atom. The smallest absolute Gasteiger partial charge is 0.418 e. The standard InChI is InChI=1S/C26H22F4N4O4/c1-13-5-4-6-18(27)20(13)23(35)32-19(25(37)38)11-15-7-8-16(22-31-9-10-34(15)22)21-14(2)17(26(28,29)30)12-33(3)24(21)36/h4-10,12,19H,11H2,1-3H3,(H,32,35)(H,37,38)/t19-/m0/s1. The molecule has 0 aliphatic carbocycles. The largest absolute Gasteiger partial charge is 0.480 e. The Balaban J connectivity index is 1.76. The van der Waals surface area contributed by atoms with Gasteiger partial charge >= 0.3 is 12.1 Å². The number of carboxylic acids is 1. The molecule has 8 nitrogen and oxygen atoms in total. The fraction of sp³-hybridized carbons (Fsp3) is 0.231. The number of carbonyl (C=O) groups excluding carboxylic acids is 1. The number of aryl methyl sites for hydroxylation is 2. The highest BCUT2D eigenvalue weighted by molar-refractivity contribution is 5.98. The van der Waals surface area contributed by atoms with Gasteiger partial charge in [-0.1, -0.05) is 12.1 Å². The number of imidazole rings is 1. The number of carbonyl (C=O) groups is 2. The first-order chi connectivity index (χ1) is 17.8. The SMILES string of the molecule is Cc1cccc(F)c1C(=O)N[C@@H](Cc1ccc(-c2c(C)c(C(F)(F)F)cn(C)c2=O)c2nccn12)C(=O)O. The van der Waals surface area contributed by atoms with Crippen molar-refractivity contribution in [1.82, 2.24) is 19.3 Å². The minimum Gasteiger partial charge on any atom is -0.480 e. The first kappa shape index (κ1) is 26.6. The molecule has 0 fully saturated rings. The molecular weight excluding hydrogens is 508 g/mol. The van der Waals surface area contributed by atoms with Gasteiger partial charge in [0.05, 0.1) is 16.7 Å². The van der Waals surface area contributed by atoms with E-state index in [1.165, 1.54) is 62.0 Å². The van der Waals surface area contributed by atoms with Crippen molar-refractivity contribution in [2.75, 3.05) is 0 Å². The van der Waals surface area contributed by atoms with Crippen molar-refractivity contribution >= 4 is 17.5 Å². The van der Waals surface area contributed by atoms with Crippen LogP contribution in [0.3, 0.4) is 0 Å². The summed E-state index contributed by atoms with van der Waals surface area (Å²) in [6.45, 7) is 2.72. The number of nitrogens with one attached hydrogen (secondary N) is 1. The van der Waals surface area contributed by atoms with Gasteiger partial charge < -0.3 is 19.4 Å². The third kappa shape index (κ3) is 4.76. The van der Waals surface area contributed by atoms with Crippen LogP contribution in [0.4, 0.5) is 17.6 Å². The summed E-state index contributed by atoms with van der Waals surface area (Å²) in [6.07, 6.45) is -1.41. The van der Waals surface area contributed by atoms with Gasteiger partial charge in [-0.25, -0.2) is 14.2 Å². The number of benzene rings is 1. The molecule has 4 aromatic rings. The summed E-state index contributed by atoms with van der Waals surface area (Å²) in [4.78, 5) is 41.8. The molecular formula is C26H22F4N4O4. The minimum atomic E-state index is -4.69. The van der Waals surface area contributed by atoms with E-state index in [1.807, 2.05) is 0 Å². The number of hydrogen-bond acceptors (Lipinski definition) is 4. The number of carboxylic acid groups (broad SMARTS) is 1. The van der Waals surface area contributed by atoms with E-state index in [1.54, 1.807) is 0 Å². The van der Waals surface area contributed by atoms with Crippen molar-refractivity contribution in [3.8, 4) is 11.1 Å². The molecule has 1 atom stereocenters. The Morgan fingerprint density at radius 1 is 1.16 bits per heavy atom. The molecule has 0 spiro atoms. The van der Waals surface area contributed by atoms with Crippen molar-refractivity contribution in [1.29, 1.82) is 0 Å². The lowest BCUT2D eigenvalue weighted by atomic mass is 9.98. The van der Waals surface area contributed by atoms with Crippen LogP contribution in [-0.4, -0.2) is 37.0 Å². The molecule has 3 aromatic heterocycles. The molecule has 0 radical (unpaired) electrons. The summed E-state index contributed by atoms with van der Waals surface area (Å²) in [6, 6.07) is 5.39. The number of aliphatic carboxylic acids is 1. The number of hydrogen-bond donors (Lipinski definition) is 2. The van der Waals surface area contributed by atoms with E-state index >= 15 is 0 Å². The zero-order valence-corrected chi connectivity index (χ0v) is 20.4. The third-order valence-electron chi connectivity index (χ3n) is 6.31. The van der Waals surface area contributed by atoms with Crippen LogP contribution in [-0.2, 0) is 24.4 Å². The van der Waals surface area contributed by atoms with Gasteiger partial charge in [0.25, 0.3) is 11.5 Å². The number of amides is 1. The molecule has 1 amide bonds. The van der Waals surface area contributed by atoms with Crippen LogP contribution in [0.5, 0.6) is 0 Å². The molecule has 38 heavy (non-hydrogen) atoms. The third-order valence-corrected chi connectivity index (χ3v) is 6.31. The molecule has 1 aromatic carbocycles. The van der Waals surface area contributed by atoms with Crippen LogP contribution in [0.2, 0.25) is 0 Å². The van der Waals surface area contributed by atoms with E-state index in [4.69, 9.17) is 0 Å². The predicted molar refractivity (Wildman–Crippen MR) is 129 cm³/mol. The fourth-order valence-corrected chi connectivity index (χ4v) is 4.41. The Labute approximate surface area is 213 Å². The lowest BCUT2D eigenvalue weighted by Crippen LogP contribution is -2.43. The Hall–Kier alpha value is -4.48. The average molecular weight is 530 g/mol. The van der Waals surface area contributed by atoms with E-state index in [-0.39, 0.29) is 34.3 Å². The number of aromatic nitrogens is 3. The summed E-state index contributed by atoms with van der Waals surface area (Å²) >= 11 is 0. The molecule has 0 aliphatic heterocycles. The highest BCUT2D eigenvalue weighted by atomic mass is 19.4. The first-order valence-corrected chi connectivity index (χ1v) is 11.3. The van der Waals surface area contributed by atoms with Crippen molar-refractivity contribution in [3.63, 3.8) is 0 Å². The lowest BCUT2D eigenvalue weighted by molar-refractivity contribution is -0.139. The zero-order chi connectivity index (χ0) is 27.9. The van der Waals surface area contributed by atoms with Gasteiger partial charge in [-0.3, -0.25) is 9.59 Å².